The Labute approximate surface area is 140 Å². The highest BCUT2D eigenvalue weighted by atomic mass is 35.5. The molecule has 0 spiro atoms. The molecule has 1 unspecified atom stereocenters. The lowest BCUT2D eigenvalue weighted by molar-refractivity contribution is -0.124. The van der Waals surface area contributed by atoms with Crippen LogP contribution in [0, 0.1) is 5.92 Å². The number of furan rings is 1. The number of nitrogens with one attached hydrogen (secondary N) is 2. The van der Waals surface area contributed by atoms with Gasteiger partial charge in [-0.05, 0) is 42.3 Å². The quantitative estimate of drug-likeness (QED) is 0.853. The van der Waals surface area contributed by atoms with Crippen LogP contribution in [0.1, 0.15) is 30.0 Å². The van der Waals surface area contributed by atoms with Crippen LogP contribution in [0.4, 0.5) is 0 Å². The van der Waals surface area contributed by atoms with E-state index in [1.807, 2.05) is 13.8 Å². The molecule has 122 valence electrons. The summed E-state index contributed by atoms with van der Waals surface area (Å²) in [6, 6.07) is 9.41. The minimum Gasteiger partial charge on any atom is -0.467 e. The molecule has 2 aromatic rings. The van der Waals surface area contributed by atoms with Crippen LogP contribution in [0.15, 0.2) is 47.1 Å². The van der Waals surface area contributed by atoms with Crippen LogP contribution >= 0.6 is 11.6 Å². The van der Waals surface area contributed by atoms with E-state index in [2.05, 4.69) is 10.6 Å². The summed E-state index contributed by atoms with van der Waals surface area (Å²) >= 11 is 5.81. The molecule has 6 heteroatoms. The number of halogens is 1. The van der Waals surface area contributed by atoms with Crippen molar-refractivity contribution >= 4 is 23.4 Å². The first-order valence-electron chi connectivity index (χ1n) is 7.34. The second-order valence-electron chi connectivity index (χ2n) is 5.50. The summed E-state index contributed by atoms with van der Waals surface area (Å²) in [5.41, 5.74) is 0.457. The lowest BCUT2D eigenvalue weighted by atomic mass is 10.0. The van der Waals surface area contributed by atoms with Crippen LogP contribution in [0.25, 0.3) is 0 Å². The molecule has 0 bridgehead atoms. The van der Waals surface area contributed by atoms with Crippen LogP contribution in [0.3, 0.4) is 0 Å². The molecule has 0 saturated carbocycles. The lowest BCUT2D eigenvalue weighted by Gasteiger charge is -2.21. The van der Waals surface area contributed by atoms with Gasteiger partial charge in [0, 0.05) is 10.6 Å². The van der Waals surface area contributed by atoms with Gasteiger partial charge in [-0.15, -0.1) is 0 Å². The van der Waals surface area contributed by atoms with E-state index in [4.69, 9.17) is 16.0 Å². The van der Waals surface area contributed by atoms with Gasteiger partial charge < -0.3 is 15.1 Å². The maximum absolute atomic E-state index is 12.3. The van der Waals surface area contributed by atoms with Gasteiger partial charge in [0.1, 0.15) is 11.8 Å². The molecule has 0 aliphatic carbocycles. The number of hydrogen-bond acceptors (Lipinski definition) is 3. The maximum atomic E-state index is 12.3. The summed E-state index contributed by atoms with van der Waals surface area (Å²) in [7, 11) is 0. The molecule has 0 aliphatic rings. The number of hydrogen-bond donors (Lipinski definition) is 2. The van der Waals surface area contributed by atoms with Crippen LogP contribution in [-0.2, 0) is 11.3 Å². The molecule has 1 aromatic carbocycles. The third-order valence-corrected chi connectivity index (χ3v) is 3.61. The van der Waals surface area contributed by atoms with Crippen LogP contribution in [0.2, 0.25) is 5.02 Å². The number of rotatable bonds is 6. The van der Waals surface area contributed by atoms with E-state index >= 15 is 0 Å². The lowest BCUT2D eigenvalue weighted by Crippen LogP contribution is -2.49. The van der Waals surface area contributed by atoms with Crippen molar-refractivity contribution < 1.29 is 14.0 Å². The topological polar surface area (TPSA) is 71.3 Å². The molecular formula is C17H19ClN2O3. The van der Waals surface area contributed by atoms with E-state index in [1.165, 1.54) is 0 Å². The second kappa shape index (κ2) is 7.83. The van der Waals surface area contributed by atoms with Crippen molar-refractivity contribution in [2.24, 2.45) is 5.92 Å². The van der Waals surface area contributed by atoms with E-state index in [0.717, 1.165) is 0 Å². The SMILES string of the molecule is CC(C)C(NC(=O)c1ccc(Cl)cc1)C(=O)NCc1ccco1. The number of carbonyl (C=O) groups excluding carboxylic acids is 2. The van der Waals surface area contributed by atoms with Crippen molar-refractivity contribution in [1.82, 2.24) is 10.6 Å². The first-order valence-corrected chi connectivity index (χ1v) is 7.71. The first-order chi connectivity index (χ1) is 11.0. The molecule has 0 radical (unpaired) electrons. The highest BCUT2D eigenvalue weighted by Crippen LogP contribution is 2.11. The molecule has 23 heavy (non-hydrogen) atoms. The van der Waals surface area contributed by atoms with Gasteiger partial charge in [-0.1, -0.05) is 25.4 Å². The maximum Gasteiger partial charge on any atom is 0.251 e. The molecule has 1 atom stereocenters. The van der Waals surface area contributed by atoms with Gasteiger partial charge in [0.05, 0.1) is 12.8 Å². The highest BCUT2D eigenvalue weighted by molar-refractivity contribution is 6.30. The number of benzene rings is 1. The summed E-state index contributed by atoms with van der Waals surface area (Å²) in [5, 5.41) is 6.08. The number of amides is 2. The van der Waals surface area contributed by atoms with Gasteiger partial charge in [0.25, 0.3) is 5.91 Å². The van der Waals surface area contributed by atoms with Crippen molar-refractivity contribution in [1.29, 1.82) is 0 Å². The minimum atomic E-state index is -0.631. The third kappa shape index (κ3) is 4.86. The second-order valence-corrected chi connectivity index (χ2v) is 5.94. The fraction of sp³-hybridized carbons (Fsp3) is 0.294. The zero-order chi connectivity index (χ0) is 16.8. The smallest absolute Gasteiger partial charge is 0.251 e. The third-order valence-electron chi connectivity index (χ3n) is 3.36. The summed E-state index contributed by atoms with van der Waals surface area (Å²) in [5.74, 6) is 0.0416. The Bertz CT molecular complexity index is 651. The molecule has 0 fully saturated rings. The molecule has 0 aliphatic heterocycles. The van der Waals surface area contributed by atoms with Crippen molar-refractivity contribution in [3.05, 3.63) is 59.0 Å². The normalized spacial score (nSPS) is 12.0. The van der Waals surface area contributed by atoms with E-state index in [-0.39, 0.29) is 24.3 Å². The summed E-state index contributed by atoms with van der Waals surface area (Å²) in [6.07, 6.45) is 1.55. The minimum absolute atomic E-state index is 0.0529. The van der Waals surface area contributed by atoms with E-state index < -0.39 is 6.04 Å². The van der Waals surface area contributed by atoms with E-state index in [1.54, 1.807) is 42.7 Å². The van der Waals surface area contributed by atoms with Crippen LogP contribution in [-0.4, -0.2) is 17.9 Å². The van der Waals surface area contributed by atoms with Crippen LogP contribution in [0.5, 0.6) is 0 Å². The van der Waals surface area contributed by atoms with Gasteiger partial charge >= 0.3 is 0 Å². The predicted octanol–water partition coefficient (Wildman–Crippen LogP) is 3.00. The molecule has 1 heterocycles. The van der Waals surface area contributed by atoms with Crippen molar-refractivity contribution in [2.45, 2.75) is 26.4 Å². The molecule has 1 aromatic heterocycles. The Kier molecular flexibility index (Phi) is 5.82. The summed E-state index contributed by atoms with van der Waals surface area (Å²) in [4.78, 5) is 24.6. The standard InChI is InChI=1S/C17H19ClN2O3/c1-11(2)15(17(22)19-10-14-4-3-9-23-14)20-16(21)12-5-7-13(18)8-6-12/h3-9,11,15H,10H2,1-2H3,(H,19,22)(H,20,21). The Hall–Kier alpha value is -2.27. The van der Waals surface area contributed by atoms with Gasteiger partial charge in [-0.3, -0.25) is 9.59 Å². The van der Waals surface area contributed by atoms with Gasteiger partial charge in [-0.25, -0.2) is 0 Å². The van der Waals surface area contributed by atoms with Crippen molar-refractivity contribution in [3.8, 4) is 0 Å². The zero-order valence-corrected chi connectivity index (χ0v) is 13.8. The molecule has 2 amide bonds. The molecule has 5 nitrogen and oxygen atoms in total. The summed E-state index contributed by atoms with van der Waals surface area (Å²) < 4.78 is 5.17. The van der Waals surface area contributed by atoms with Crippen LogP contribution < -0.4 is 10.6 Å². The average Bonchev–Trinajstić information content (AvgIpc) is 3.03. The molecule has 2 rings (SSSR count). The Morgan fingerprint density at radius 3 is 2.43 bits per heavy atom. The predicted molar refractivity (Wildman–Crippen MR) is 88.1 cm³/mol. The first kappa shape index (κ1) is 17.1. The Morgan fingerprint density at radius 2 is 1.87 bits per heavy atom. The molecule has 0 saturated heterocycles. The average molecular weight is 335 g/mol. The number of carbonyl (C=O) groups is 2. The van der Waals surface area contributed by atoms with E-state index in [9.17, 15) is 9.59 Å². The fourth-order valence-electron chi connectivity index (χ4n) is 2.06. The molecule has 2 N–H and O–H groups in total. The Morgan fingerprint density at radius 1 is 1.17 bits per heavy atom. The van der Waals surface area contributed by atoms with Gasteiger partial charge in [-0.2, -0.15) is 0 Å². The van der Waals surface area contributed by atoms with Crippen molar-refractivity contribution in [3.63, 3.8) is 0 Å². The van der Waals surface area contributed by atoms with Crippen molar-refractivity contribution in [2.75, 3.05) is 0 Å². The fourth-order valence-corrected chi connectivity index (χ4v) is 2.18. The van der Waals surface area contributed by atoms with Gasteiger partial charge in [0.2, 0.25) is 5.91 Å². The summed E-state index contributed by atoms with van der Waals surface area (Å²) in [6.45, 7) is 4.03. The molecular weight excluding hydrogens is 316 g/mol. The van der Waals surface area contributed by atoms with Gasteiger partial charge in [0.15, 0.2) is 0 Å². The van der Waals surface area contributed by atoms with E-state index in [0.29, 0.717) is 16.3 Å². The zero-order valence-electron chi connectivity index (χ0n) is 13.0. The highest BCUT2D eigenvalue weighted by Gasteiger charge is 2.24. The Balaban J connectivity index is 1.98. The monoisotopic (exact) mass is 334 g/mol. The largest absolute Gasteiger partial charge is 0.467 e.